The van der Waals surface area contributed by atoms with Crippen LogP contribution in [0.15, 0.2) is 0 Å². The van der Waals surface area contributed by atoms with Crippen molar-refractivity contribution in [1.29, 1.82) is 0 Å². The van der Waals surface area contributed by atoms with Crippen LogP contribution in [0.3, 0.4) is 0 Å². The Morgan fingerprint density at radius 1 is 1.19 bits per heavy atom. The molecule has 1 saturated heterocycles. The van der Waals surface area contributed by atoms with Crippen molar-refractivity contribution in [2.45, 2.75) is 57.9 Å². The SMILES string of the molecule is CCC1(C(=O)N(CCN(C)C)C2CCCC2)CCCNC1. The first-order valence-corrected chi connectivity index (χ1v) is 8.75. The number of piperidine rings is 1. The highest BCUT2D eigenvalue weighted by Gasteiger charge is 2.42. The van der Waals surface area contributed by atoms with Gasteiger partial charge in [0.1, 0.15) is 0 Å². The molecular formula is C17H33N3O. The van der Waals surface area contributed by atoms with E-state index in [1.165, 1.54) is 25.7 Å². The molecule has 1 N–H and O–H groups in total. The predicted octanol–water partition coefficient (Wildman–Crippen LogP) is 2.10. The zero-order valence-corrected chi connectivity index (χ0v) is 14.2. The molecule has 2 fully saturated rings. The van der Waals surface area contributed by atoms with Gasteiger partial charge in [-0.25, -0.2) is 0 Å². The first kappa shape index (κ1) is 16.8. The molecule has 122 valence electrons. The number of hydrogen-bond acceptors (Lipinski definition) is 3. The van der Waals surface area contributed by atoms with Crippen molar-refractivity contribution >= 4 is 5.91 Å². The van der Waals surface area contributed by atoms with Gasteiger partial charge in [-0.1, -0.05) is 19.8 Å². The van der Waals surface area contributed by atoms with Gasteiger partial charge in [0.2, 0.25) is 5.91 Å². The normalized spacial score (nSPS) is 27.2. The highest BCUT2D eigenvalue weighted by Crippen LogP contribution is 2.35. The average Bonchev–Trinajstić information content (AvgIpc) is 3.02. The first-order chi connectivity index (χ1) is 10.1. The molecule has 0 radical (unpaired) electrons. The molecule has 0 spiro atoms. The van der Waals surface area contributed by atoms with Crippen LogP contribution >= 0.6 is 0 Å². The summed E-state index contributed by atoms with van der Waals surface area (Å²) in [7, 11) is 4.18. The lowest BCUT2D eigenvalue weighted by Crippen LogP contribution is -2.55. The number of likely N-dealkylation sites (N-methyl/N-ethyl adjacent to an activating group) is 1. The molecule has 4 nitrogen and oxygen atoms in total. The van der Waals surface area contributed by atoms with Crippen LogP contribution in [-0.2, 0) is 4.79 Å². The molecule has 2 rings (SSSR count). The zero-order chi connectivity index (χ0) is 15.3. The van der Waals surface area contributed by atoms with Crippen LogP contribution in [0.5, 0.6) is 0 Å². The third kappa shape index (κ3) is 3.98. The summed E-state index contributed by atoms with van der Waals surface area (Å²) in [5.74, 6) is 0.422. The fourth-order valence-electron chi connectivity index (χ4n) is 3.88. The Balaban J connectivity index is 2.11. The highest BCUT2D eigenvalue weighted by molar-refractivity contribution is 5.83. The smallest absolute Gasteiger partial charge is 0.230 e. The summed E-state index contributed by atoms with van der Waals surface area (Å²) in [6, 6.07) is 0.489. The Labute approximate surface area is 130 Å². The Hall–Kier alpha value is -0.610. The van der Waals surface area contributed by atoms with Crippen LogP contribution in [0.2, 0.25) is 0 Å². The van der Waals surface area contributed by atoms with Gasteiger partial charge >= 0.3 is 0 Å². The highest BCUT2D eigenvalue weighted by atomic mass is 16.2. The van der Waals surface area contributed by atoms with Crippen molar-refractivity contribution in [3.63, 3.8) is 0 Å². The number of hydrogen-bond donors (Lipinski definition) is 1. The molecule has 1 unspecified atom stereocenters. The topological polar surface area (TPSA) is 35.6 Å². The standard InChI is InChI=1S/C17H33N3O/c1-4-17(10-7-11-18-14-17)16(21)20(13-12-19(2)3)15-8-5-6-9-15/h15,18H,4-14H2,1-3H3. The minimum absolute atomic E-state index is 0.146. The van der Waals surface area contributed by atoms with Crippen LogP contribution in [0.4, 0.5) is 0 Å². The molecule has 4 heteroatoms. The molecule has 0 aromatic heterocycles. The summed E-state index contributed by atoms with van der Waals surface area (Å²) >= 11 is 0. The Kier molecular flexibility index (Phi) is 6.06. The van der Waals surface area contributed by atoms with E-state index in [0.717, 1.165) is 45.4 Å². The fraction of sp³-hybridized carbons (Fsp3) is 0.941. The average molecular weight is 295 g/mol. The van der Waals surface area contributed by atoms with Crippen molar-refractivity contribution in [3.05, 3.63) is 0 Å². The first-order valence-electron chi connectivity index (χ1n) is 8.75. The number of nitrogens with zero attached hydrogens (tertiary/aromatic N) is 2. The molecule has 1 atom stereocenters. The van der Waals surface area contributed by atoms with E-state index < -0.39 is 0 Å². The van der Waals surface area contributed by atoms with Crippen LogP contribution in [-0.4, -0.2) is 62.0 Å². The van der Waals surface area contributed by atoms with Gasteiger partial charge in [0.15, 0.2) is 0 Å². The summed E-state index contributed by atoms with van der Waals surface area (Å²) in [5.41, 5.74) is -0.146. The van der Waals surface area contributed by atoms with Crippen molar-refractivity contribution in [3.8, 4) is 0 Å². The summed E-state index contributed by atoms with van der Waals surface area (Å²) in [5, 5.41) is 3.46. The second-order valence-corrected chi connectivity index (χ2v) is 7.15. The molecule has 1 amide bonds. The quantitative estimate of drug-likeness (QED) is 0.815. The molecule has 0 aromatic carbocycles. The molecule has 0 aromatic rings. The minimum atomic E-state index is -0.146. The third-order valence-electron chi connectivity index (χ3n) is 5.42. The maximum absolute atomic E-state index is 13.3. The van der Waals surface area contributed by atoms with E-state index in [4.69, 9.17) is 0 Å². The monoisotopic (exact) mass is 295 g/mol. The Bertz CT molecular complexity index is 331. The number of rotatable bonds is 6. The van der Waals surface area contributed by atoms with Crippen LogP contribution in [0.1, 0.15) is 51.9 Å². The van der Waals surface area contributed by atoms with Crippen molar-refractivity contribution < 1.29 is 4.79 Å². The van der Waals surface area contributed by atoms with Gasteiger partial charge in [-0.3, -0.25) is 4.79 Å². The van der Waals surface area contributed by atoms with E-state index in [2.05, 4.69) is 36.1 Å². The molecule has 1 aliphatic carbocycles. The van der Waals surface area contributed by atoms with Crippen molar-refractivity contribution in [1.82, 2.24) is 15.1 Å². The van der Waals surface area contributed by atoms with Crippen LogP contribution in [0.25, 0.3) is 0 Å². The van der Waals surface area contributed by atoms with E-state index in [1.807, 2.05) is 0 Å². The third-order valence-corrected chi connectivity index (χ3v) is 5.42. The Morgan fingerprint density at radius 3 is 2.43 bits per heavy atom. The molecule has 21 heavy (non-hydrogen) atoms. The zero-order valence-electron chi connectivity index (χ0n) is 14.2. The van der Waals surface area contributed by atoms with E-state index >= 15 is 0 Å². The van der Waals surface area contributed by atoms with E-state index in [0.29, 0.717) is 11.9 Å². The predicted molar refractivity (Wildman–Crippen MR) is 87.4 cm³/mol. The molecule has 2 aliphatic rings. The second kappa shape index (κ2) is 7.59. The second-order valence-electron chi connectivity index (χ2n) is 7.15. The van der Waals surface area contributed by atoms with Gasteiger partial charge in [0.25, 0.3) is 0 Å². The van der Waals surface area contributed by atoms with Gasteiger partial charge in [-0.05, 0) is 52.7 Å². The van der Waals surface area contributed by atoms with E-state index in [9.17, 15) is 4.79 Å². The molecule has 0 bridgehead atoms. The summed E-state index contributed by atoms with van der Waals surface area (Å²) in [4.78, 5) is 17.7. The number of nitrogens with one attached hydrogen (secondary N) is 1. The van der Waals surface area contributed by atoms with Crippen molar-refractivity contribution in [2.75, 3.05) is 40.3 Å². The fourth-order valence-corrected chi connectivity index (χ4v) is 3.88. The maximum Gasteiger partial charge on any atom is 0.230 e. The Morgan fingerprint density at radius 2 is 1.90 bits per heavy atom. The summed E-state index contributed by atoms with van der Waals surface area (Å²) in [6.07, 6.45) is 8.12. The van der Waals surface area contributed by atoms with Gasteiger partial charge in [0.05, 0.1) is 5.41 Å². The lowest BCUT2D eigenvalue weighted by atomic mass is 9.76. The van der Waals surface area contributed by atoms with Gasteiger partial charge in [0, 0.05) is 25.7 Å². The minimum Gasteiger partial charge on any atom is -0.338 e. The number of carbonyl (C=O) groups is 1. The molecular weight excluding hydrogens is 262 g/mol. The largest absolute Gasteiger partial charge is 0.338 e. The van der Waals surface area contributed by atoms with Crippen LogP contribution in [0, 0.1) is 5.41 Å². The van der Waals surface area contributed by atoms with Gasteiger partial charge in [-0.15, -0.1) is 0 Å². The van der Waals surface area contributed by atoms with Crippen LogP contribution < -0.4 is 5.32 Å². The van der Waals surface area contributed by atoms with Gasteiger partial charge in [-0.2, -0.15) is 0 Å². The van der Waals surface area contributed by atoms with E-state index in [-0.39, 0.29) is 5.41 Å². The lowest BCUT2D eigenvalue weighted by Gasteiger charge is -2.42. The van der Waals surface area contributed by atoms with E-state index in [1.54, 1.807) is 0 Å². The lowest BCUT2D eigenvalue weighted by molar-refractivity contribution is -0.146. The maximum atomic E-state index is 13.3. The number of carbonyl (C=O) groups excluding carboxylic acids is 1. The van der Waals surface area contributed by atoms with Gasteiger partial charge < -0.3 is 15.1 Å². The van der Waals surface area contributed by atoms with Crippen molar-refractivity contribution in [2.24, 2.45) is 5.41 Å². The molecule has 1 saturated carbocycles. The summed E-state index contributed by atoms with van der Waals surface area (Å²) in [6.45, 7) is 5.97. The summed E-state index contributed by atoms with van der Waals surface area (Å²) < 4.78 is 0. The molecule has 1 heterocycles. The number of amides is 1. The molecule has 1 aliphatic heterocycles.